The molecule has 8 heteroatoms. The van der Waals surface area contributed by atoms with Crippen LogP contribution in [-0.2, 0) is 26.2 Å². The van der Waals surface area contributed by atoms with Gasteiger partial charge in [0.25, 0.3) is 0 Å². The Balaban J connectivity index is 1.46. The maximum atomic E-state index is 12.4. The van der Waals surface area contributed by atoms with Gasteiger partial charge >= 0.3 is 5.97 Å². The van der Waals surface area contributed by atoms with Crippen LogP contribution in [0.1, 0.15) is 24.3 Å². The molecule has 0 atom stereocenters. The highest BCUT2D eigenvalue weighted by Gasteiger charge is 2.14. The topological polar surface area (TPSA) is 98.5 Å². The zero-order valence-corrected chi connectivity index (χ0v) is 15.7. The van der Waals surface area contributed by atoms with Crippen molar-refractivity contribution in [3.05, 3.63) is 60.0 Å². The van der Waals surface area contributed by atoms with Gasteiger partial charge in [-0.25, -0.2) is 13.1 Å². The average molecular weight is 388 g/mol. The lowest BCUT2D eigenvalue weighted by molar-refractivity contribution is -0.145. The smallest absolute Gasteiger partial charge is 0.306 e. The van der Waals surface area contributed by atoms with E-state index in [0.29, 0.717) is 17.9 Å². The summed E-state index contributed by atoms with van der Waals surface area (Å²) in [5.74, 6) is 0.0480. The van der Waals surface area contributed by atoms with Gasteiger partial charge in [-0.05, 0) is 36.2 Å². The van der Waals surface area contributed by atoms with Gasteiger partial charge < -0.3 is 9.26 Å². The van der Waals surface area contributed by atoms with Crippen molar-refractivity contribution in [2.45, 2.75) is 31.3 Å². The summed E-state index contributed by atoms with van der Waals surface area (Å²) in [5.41, 5.74) is 0.712. The Morgan fingerprint density at radius 3 is 2.67 bits per heavy atom. The van der Waals surface area contributed by atoms with E-state index in [1.807, 2.05) is 24.3 Å². The van der Waals surface area contributed by atoms with Crippen molar-refractivity contribution in [3.63, 3.8) is 0 Å². The summed E-state index contributed by atoms with van der Waals surface area (Å²) in [6.07, 6.45) is 0.439. The number of benzene rings is 2. The predicted octanol–water partition coefficient (Wildman–Crippen LogP) is 2.94. The fourth-order valence-electron chi connectivity index (χ4n) is 2.57. The second-order valence-electron chi connectivity index (χ2n) is 6.11. The summed E-state index contributed by atoms with van der Waals surface area (Å²) in [5, 5.41) is 5.53. The van der Waals surface area contributed by atoms with Crippen molar-refractivity contribution in [2.75, 3.05) is 6.54 Å². The van der Waals surface area contributed by atoms with Crippen molar-refractivity contribution in [2.24, 2.45) is 0 Å². The number of carbonyl (C=O) groups is 1. The zero-order valence-electron chi connectivity index (χ0n) is 14.8. The van der Waals surface area contributed by atoms with E-state index in [2.05, 4.69) is 9.88 Å². The van der Waals surface area contributed by atoms with Crippen LogP contribution >= 0.6 is 0 Å². The first-order chi connectivity index (χ1) is 12.9. The minimum atomic E-state index is -3.63. The van der Waals surface area contributed by atoms with Crippen LogP contribution in [-0.4, -0.2) is 26.1 Å². The summed E-state index contributed by atoms with van der Waals surface area (Å²) in [7, 11) is -3.63. The number of aryl methyl sites for hydroxylation is 1. The van der Waals surface area contributed by atoms with Gasteiger partial charge in [-0.3, -0.25) is 4.79 Å². The standard InChI is InChI=1S/C19H20N2O5S/c1-14-11-17(26-21-14)13-25-19(22)7-4-10-20-27(23,24)18-9-8-15-5-2-3-6-16(15)12-18/h2-3,5-6,8-9,11-12,20H,4,7,10,13H2,1H3. The van der Waals surface area contributed by atoms with Crippen LogP contribution in [0.25, 0.3) is 10.8 Å². The Morgan fingerprint density at radius 2 is 1.93 bits per heavy atom. The van der Waals surface area contributed by atoms with Crippen molar-refractivity contribution in [3.8, 4) is 0 Å². The van der Waals surface area contributed by atoms with E-state index in [9.17, 15) is 13.2 Å². The second kappa shape index (κ2) is 8.32. The van der Waals surface area contributed by atoms with E-state index >= 15 is 0 Å². The molecule has 0 radical (unpaired) electrons. The quantitative estimate of drug-likeness (QED) is 0.471. The van der Waals surface area contributed by atoms with Crippen LogP contribution in [0.5, 0.6) is 0 Å². The van der Waals surface area contributed by atoms with Gasteiger partial charge in [0.1, 0.15) is 0 Å². The minimum Gasteiger partial charge on any atom is -0.457 e. The van der Waals surface area contributed by atoms with Crippen LogP contribution in [0.2, 0.25) is 0 Å². The first kappa shape index (κ1) is 19.1. The molecule has 1 N–H and O–H groups in total. The molecule has 0 aliphatic rings. The zero-order chi connectivity index (χ0) is 19.3. The van der Waals surface area contributed by atoms with E-state index < -0.39 is 16.0 Å². The summed E-state index contributed by atoms with van der Waals surface area (Å²) >= 11 is 0. The minimum absolute atomic E-state index is 0.0164. The molecule has 0 fully saturated rings. The van der Waals surface area contributed by atoms with Crippen molar-refractivity contribution in [1.82, 2.24) is 9.88 Å². The molecule has 27 heavy (non-hydrogen) atoms. The van der Waals surface area contributed by atoms with E-state index in [1.54, 1.807) is 31.2 Å². The molecule has 0 unspecified atom stereocenters. The number of hydrogen-bond acceptors (Lipinski definition) is 6. The average Bonchev–Trinajstić information content (AvgIpc) is 3.08. The molecule has 0 saturated heterocycles. The van der Waals surface area contributed by atoms with Crippen molar-refractivity contribution < 1.29 is 22.5 Å². The maximum Gasteiger partial charge on any atom is 0.306 e. The number of nitrogens with one attached hydrogen (secondary N) is 1. The van der Waals surface area contributed by atoms with E-state index in [4.69, 9.17) is 9.26 Å². The summed E-state index contributed by atoms with van der Waals surface area (Å²) < 4.78 is 37.3. The number of nitrogens with zero attached hydrogens (tertiary/aromatic N) is 1. The fraction of sp³-hybridized carbons (Fsp3) is 0.263. The van der Waals surface area contributed by atoms with Crippen LogP contribution in [0.3, 0.4) is 0 Å². The predicted molar refractivity (Wildman–Crippen MR) is 99.4 cm³/mol. The third-order valence-corrected chi connectivity index (χ3v) is 5.39. The lowest BCUT2D eigenvalue weighted by Crippen LogP contribution is -2.25. The molecule has 1 heterocycles. The molecule has 142 valence electrons. The van der Waals surface area contributed by atoms with Gasteiger partial charge in [0.15, 0.2) is 12.4 Å². The Morgan fingerprint density at radius 1 is 1.15 bits per heavy atom. The summed E-state index contributed by atoms with van der Waals surface area (Å²) in [6.45, 7) is 1.94. The molecule has 0 saturated carbocycles. The third-order valence-electron chi connectivity index (χ3n) is 3.93. The number of sulfonamides is 1. The Bertz CT molecular complexity index is 1040. The highest BCUT2D eigenvalue weighted by molar-refractivity contribution is 7.89. The van der Waals surface area contributed by atoms with Gasteiger partial charge in [0.2, 0.25) is 10.0 Å². The number of rotatable bonds is 8. The Hall–Kier alpha value is -2.71. The molecular formula is C19H20N2O5S. The molecule has 2 aromatic carbocycles. The number of esters is 1. The molecule has 0 bridgehead atoms. The highest BCUT2D eigenvalue weighted by atomic mass is 32.2. The SMILES string of the molecule is Cc1cc(COC(=O)CCCNS(=O)(=O)c2ccc3ccccc3c2)on1. The van der Waals surface area contributed by atoms with E-state index in [-0.39, 0.29) is 24.5 Å². The first-order valence-electron chi connectivity index (χ1n) is 8.50. The lowest BCUT2D eigenvalue weighted by Gasteiger charge is -2.08. The summed E-state index contributed by atoms with van der Waals surface area (Å²) in [4.78, 5) is 11.9. The molecule has 3 rings (SSSR count). The molecular weight excluding hydrogens is 368 g/mol. The van der Waals surface area contributed by atoms with Crippen LogP contribution in [0.4, 0.5) is 0 Å². The third kappa shape index (κ3) is 5.15. The van der Waals surface area contributed by atoms with Crippen molar-refractivity contribution in [1.29, 1.82) is 0 Å². The molecule has 1 aromatic heterocycles. The fourth-order valence-corrected chi connectivity index (χ4v) is 3.67. The largest absolute Gasteiger partial charge is 0.457 e. The van der Waals surface area contributed by atoms with Crippen LogP contribution < -0.4 is 4.72 Å². The van der Waals surface area contributed by atoms with Crippen molar-refractivity contribution >= 4 is 26.8 Å². The monoisotopic (exact) mass is 388 g/mol. The number of fused-ring (bicyclic) bond motifs is 1. The summed E-state index contributed by atoms with van der Waals surface area (Å²) in [6, 6.07) is 14.2. The Labute approximate surface area is 157 Å². The normalized spacial score (nSPS) is 11.6. The molecule has 0 aliphatic carbocycles. The van der Waals surface area contributed by atoms with Gasteiger partial charge in [0.05, 0.1) is 10.6 Å². The second-order valence-corrected chi connectivity index (χ2v) is 7.87. The molecule has 0 amide bonds. The molecule has 0 aliphatic heterocycles. The number of ether oxygens (including phenoxy) is 1. The number of aromatic nitrogens is 1. The Kier molecular flexibility index (Phi) is 5.88. The van der Waals surface area contributed by atoms with Gasteiger partial charge in [-0.2, -0.15) is 0 Å². The van der Waals surface area contributed by atoms with Crippen LogP contribution in [0.15, 0.2) is 57.9 Å². The van der Waals surface area contributed by atoms with Crippen LogP contribution in [0, 0.1) is 6.92 Å². The maximum absolute atomic E-state index is 12.4. The lowest BCUT2D eigenvalue weighted by atomic mass is 10.1. The number of hydrogen-bond donors (Lipinski definition) is 1. The van der Waals surface area contributed by atoms with Gasteiger partial charge in [0, 0.05) is 19.0 Å². The van der Waals surface area contributed by atoms with E-state index in [1.165, 1.54) is 0 Å². The molecule has 7 nitrogen and oxygen atoms in total. The van der Waals surface area contributed by atoms with E-state index in [0.717, 1.165) is 10.8 Å². The number of carbonyl (C=O) groups excluding carboxylic acids is 1. The van der Waals surface area contributed by atoms with Gasteiger partial charge in [-0.15, -0.1) is 0 Å². The van der Waals surface area contributed by atoms with Gasteiger partial charge in [-0.1, -0.05) is 35.5 Å². The first-order valence-corrected chi connectivity index (χ1v) is 9.99. The molecule has 3 aromatic rings. The highest BCUT2D eigenvalue weighted by Crippen LogP contribution is 2.18. The molecule has 0 spiro atoms.